The molecular formula is C15H17N3O6. The molecule has 0 unspecified atom stereocenters. The summed E-state index contributed by atoms with van der Waals surface area (Å²) in [5, 5.41) is 14.2. The number of rotatable bonds is 6. The predicted molar refractivity (Wildman–Crippen MR) is 86.2 cm³/mol. The Morgan fingerprint density at radius 2 is 2.12 bits per heavy atom. The molecule has 1 aromatic carbocycles. The Labute approximate surface area is 136 Å². The van der Waals surface area contributed by atoms with Crippen LogP contribution in [0, 0.1) is 6.92 Å². The normalized spacial score (nSPS) is 12.0. The van der Waals surface area contributed by atoms with Crippen molar-refractivity contribution in [2.45, 2.75) is 19.9 Å². The number of hydrogen-bond donors (Lipinski definition) is 3. The number of hydrogen-bond acceptors (Lipinski definition) is 7. The van der Waals surface area contributed by atoms with Crippen LogP contribution in [0.5, 0.6) is 0 Å². The number of aliphatic carboxylic acids is 1. The summed E-state index contributed by atoms with van der Waals surface area (Å²) in [6.45, 7) is 2.94. The van der Waals surface area contributed by atoms with Gasteiger partial charge in [0.1, 0.15) is 12.6 Å². The smallest absolute Gasteiger partial charge is 0.348 e. The minimum atomic E-state index is -1.10. The molecular weight excluding hydrogens is 318 g/mol. The first-order valence-electron chi connectivity index (χ1n) is 7.06. The molecule has 3 N–H and O–H groups in total. The molecule has 9 nitrogen and oxygen atoms in total. The number of carboxylic acid groups (broad SMARTS) is 1. The molecule has 24 heavy (non-hydrogen) atoms. The first-order valence-corrected chi connectivity index (χ1v) is 7.06. The fourth-order valence-corrected chi connectivity index (χ4v) is 2.08. The number of carboxylic acids is 1. The van der Waals surface area contributed by atoms with Crippen molar-refractivity contribution in [2.75, 3.05) is 24.4 Å². The average Bonchev–Trinajstić information content (AvgIpc) is 2.49. The highest BCUT2D eigenvalue weighted by Crippen LogP contribution is 2.23. The molecule has 2 rings (SSSR count). The lowest BCUT2D eigenvalue weighted by molar-refractivity contribution is -0.137. The van der Waals surface area contributed by atoms with Crippen LogP contribution in [-0.4, -0.2) is 41.7 Å². The van der Waals surface area contributed by atoms with Gasteiger partial charge in [-0.3, -0.25) is 9.59 Å². The van der Waals surface area contributed by atoms with Gasteiger partial charge in [-0.25, -0.2) is 4.79 Å². The topological polar surface area (TPSA) is 131 Å². The maximum Gasteiger partial charge on any atom is 0.348 e. The highest BCUT2D eigenvalue weighted by atomic mass is 16.5. The number of fused-ring (bicyclic) bond motifs is 1. The van der Waals surface area contributed by atoms with Crippen molar-refractivity contribution in [3.8, 4) is 0 Å². The van der Waals surface area contributed by atoms with Crippen molar-refractivity contribution in [1.29, 1.82) is 0 Å². The number of amides is 1. The average molecular weight is 335 g/mol. The second-order valence-corrected chi connectivity index (χ2v) is 5.12. The van der Waals surface area contributed by atoms with Gasteiger partial charge < -0.3 is 24.9 Å². The van der Waals surface area contributed by atoms with Crippen LogP contribution in [0.4, 0.5) is 11.7 Å². The maximum absolute atomic E-state index is 12.2. The lowest BCUT2D eigenvalue weighted by Crippen LogP contribution is -2.26. The van der Waals surface area contributed by atoms with Crippen LogP contribution in [0.1, 0.15) is 12.5 Å². The molecule has 1 aromatic heterocycles. The third-order valence-electron chi connectivity index (χ3n) is 3.32. The van der Waals surface area contributed by atoms with Crippen LogP contribution < -0.4 is 16.3 Å². The number of aromatic nitrogens is 1. The van der Waals surface area contributed by atoms with Gasteiger partial charge in [0.2, 0.25) is 5.91 Å². The van der Waals surface area contributed by atoms with E-state index in [9.17, 15) is 14.4 Å². The van der Waals surface area contributed by atoms with Gasteiger partial charge >= 0.3 is 11.6 Å². The monoisotopic (exact) mass is 335 g/mol. The zero-order valence-electron chi connectivity index (χ0n) is 13.4. The molecule has 9 heteroatoms. The number of nitrogens with one attached hydrogen (secondary N) is 2. The quantitative estimate of drug-likeness (QED) is 0.711. The lowest BCUT2D eigenvalue weighted by atomic mass is 10.1. The van der Waals surface area contributed by atoms with Crippen LogP contribution in [-0.2, 0) is 14.3 Å². The Morgan fingerprint density at radius 1 is 1.42 bits per heavy atom. The molecule has 0 bridgehead atoms. The van der Waals surface area contributed by atoms with E-state index in [1.54, 1.807) is 13.0 Å². The Balaban J connectivity index is 2.42. The fraction of sp³-hybridized carbons (Fsp3) is 0.333. The van der Waals surface area contributed by atoms with E-state index in [0.717, 1.165) is 0 Å². The molecule has 0 aliphatic heterocycles. The molecule has 0 aliphatic rings. The third kappa shape index (κ3) is 3.69. The number of methoxy groups -OCH3 is 1. The largest absolute Gasteiger partial charge is 0.480 e. The molecule has 0 radical (unpaired) electrons. The maximum atomic E-state index is 12.2. The number of anilines is 2. The van der Waals surface area contributed by atoms with Gasteiger partial charge in [-0.2, -0.15) is 4.98 Å². The molecule has 0 spiro atoms. The molecule has 0 fully saturated rings. The summed E-state index contributed by atoms with van der Waals surface area (Å²) in [5.74, 6) is -1.46. The second-order valence-electron chi connectivity index (χ2n) is 5.12. The van der Waals surface area contributed by atoms with Gasteiger partial charge in [0, 0.05) is 12.8 Å². The lowest BCUT2D eigenvalue weighted by Gasteiger charge is -2.11. The first-order chi connectivity index (χ1) is 11.3. The van der Waals surface area contributed by atoms with E-state index in [4.69, 9.17) is 14.3 Å². The van der Waals surface area contributed by atoms with Crippen LogP contribution in [0.25, 0.3) is 10.9 Å². The molecule has 0 saturated heterocycles. The van der Waals surface area contributed by atoms with E-state index in [0.29, 0.717) is 16.8 Å². The highest BCUT2D eigenvalue weighted by molar-refractivity contribution is 5.96. The van der Waals surface area contributed by atoms with Gasteiger partial charge in [-0.15, -0.1) is 0 Å². The molecule has 0 saturated carbocycles. The number of ether oxygens (including phenoxy) is 1. The number of benzene rings is 1. The zero-order valence-corrected chi connectivity index (χ0v) is 13.4. The minimum Gasteiger partial charge on any atom is -0.480 e. The molecule has 0 aliphatic carbocycles. The third-order valence-corrected chi connectivity index (χ3v) is 3.32. The molecule has 1 heterocycles. The number of nitrogens with zero attached hydrogens (tertiary/aromatic N) is 1. The Morgan fingerprint density at radius 3 is 2.75 bits per heavy atom. The molecule has 1 atom stereocenters. The minimum absolute atomic E-state index is 0.111. The van der Waals surface area contributed by atoms with E-state index in [1.165, 1.54) is 20.1 Å². The molecule has 1 amide bonds. The highest BCUT2D eigenvalue weighted by Gasteiger charge is 2.16. The SMILES string of the molecule is COCC(=O)Nc1ccc2nc(N[C@@H](C)C(=O)O)oc(=O)c2c1C. The summed E-state index contributed by atoms with van der Waals surface area (Å²) in [5.41, 5.74) is 0.586. The predicted octanol–water partition coefficient (Wildman–Crippen LogP) is 0.966. The molecule has 2 aromatic rings. The van der Waals surface area contributed by atoms with Gasteiger partial charge in [0.05, 0.1) is 10.9 Å². The summed E-state index contributed by atoms with van der Waals surface area (Å²) in [6.07, 6.45) is 0. The van der Waals surface area contributed by atoms with E-state index >= 15 is 0 Å². The number of carbonyl (C=O) groups excluding carboxylic acids is 1. The zero-order chi connectivity index (χ0) is 17.9. The van der Waals surface area contributed by atoms with Crippen molar-refractivity contribution >= 4 is 34.5 Å². The number of aryl methyl sites for hydroxylation is 1. The Kier molecular flexibility index (Phi) is 5.14. The van der Waals surface area contributed by atoms with E-state index in [2.05, 4.69) is 15.6 Å². The second kappa shape index (κ2) is 7.09. The van der Waals surface area contributed by atoms with Gasteiger partial charge in [0.15, 0.2) is 0 Å². The molecule has 128 valence electrons. The Bertz CT molecular complexity index is 845. The van der Waals surface area contributed by atoms with Crippen LogP contribution in [0.15, 0.2) is 21.3 Å². The van der Waals surface area contributed by atoms with Gasteiger partial charge in [-0.1, -0.05) is 0 Å². The van der Waals surface area contributed by atoms with Crippen molar-refractivity contribution in [3.05, 3.63) is 28.1 Å². The van der Waals surface area contributed by atoms with Crippen molar-refractivity contribution < 1.29 is 23.8 Å². The van der Waals surface area contributed by atoms with E-state index in [1.807, 2.05) is 0 Å². The van der Waals surface area contributed by atoms with E-state index < -0.39 is 17.6 Å². The number of carbonyl (C=O) groups is 2. The summed E-state index contributed by atoms with van der Waals surface area (Å²) in [7, 11) is 1.40. The first kappa shape index (κ1) is 17.4. The summed E-state index contributed by atoms with van der Waals surface area (Å²) in [4.78, 5) is 38.8. The summed E-state index contributed by atoms with van der Waals surface area (Å²) in [6, 6.07) is 1.99. The van der Waals surface area contributed by atoms with Crippen molar-refractivity contribution in [3.63, 3.8) is 0 Å². The van der Waals surface area contributed by atoms with Gasteiger partial charge in [-0.05, 0) is 31.5 Å². The van der Waals surface area contributed by atoms with Crippen molar-refractivity contribution in [2.24, 2.45) is 0 Å². The van der Waals surface area contributed by atoms with Crippen molar-refractivity contribution in [1.82, 2.24) is 4.98 Å². The summed E-state index contributed by atoms with van der Waals surface area (Å²) >= 11 is 0. The standard InChI is InChI=1S/C15H17N3O6/c1-7-9(17-11(19)6-23-3)4-5-10-12(7)14(22)24-15(18-10)16-8(2)13(20)21/h4-5,8H,6H2,1-3H3,(H,16,18)(H,17,19)(H,20,21)/t8-/m0/s1. The van der Waals surface area contributed by atoms with Crippen LogP contribution >= 0.6 is 0 Å². The van der Waals surface area contributed by atoms with Gasteiger partial charge in [0.25, 0.3) is 6.01 Å². The fourth-order valence-electron chi connectivity index (χ4n) is 2.08. The van der Waals surface area contributed by atoms with Crippen LogP contribution in [0.3, 0.4) is 0 Å². The Hall–Kier alpha value is -2.94. The van der Waals surface area contributed by atoms with E-state index in [-0.39, 0.29) is 23.9 Å². The van der Waals surface area contributed by atoms with Crippen LogP contribution in [0.2, 0.25) is 0 Å². The summed E-state index contributed by atoms with van der Waals surface area (Å²) < 4.78 is 9.76.